The Morgan fingerprint density at radius 3 is 2.50 bits per heavy atom. The molecule has 0 amide bonds. The quantitative estimate of drug-likeness (QED) is 0.793. The lowest BCUT2D eigenvalue weighted by atomic mass is 9.94. The zero-order chi connectivity index (χ0) is 10.7. The zero-order valence-electron chi connectivity index (χ0n) is 9.32. The summed E-state index contributed by atoms with van der Waals surface area (Å²) in [6, 6.07) is 0.638. The molecule has 1 unspecified atom stereocenters. The molecule has 80 valence electrons. The molecule has 0 aliphatic heterocycles. The number of hydrogen-bond donors (Lipinski definition) is 1. The first-order valence-electron chi connectivity index (χ1n) is 4.89. The highest BCUT2D eigenvalue weighted by atomic mass is 16.4. The van der Waals surface area contributed by atoms with Crippen molar-refractivity contribution in [2.24, 2.45) is 11.7 Å². The van der Waals surface area contributed by atoms with Crippen LogP contribution in [-0.2, 0) is 0 Å². The minimum absolute atomic E-state index is 0.260. The highest BCUT2D eigenvalue weighted by Gasteiger charge is 2.19. The second-order valence-electron chi connectivity index (χ2n) is 4.03. The van der Waals surface area contributed by atoms with Crippen LogP contribution in [0.15, 0.2) is 10.6 Å². The molecule has 1 rings (SSSR count). The van der Waals surface area contributed by atoms with Crippen LogP contribution in [0.25, 0.3) is 0 Å². The smallest absolute Gasteiger partial charge is 0.296 e. The van der Waals surface area contributed by atoms with Crippen LogP contribution in [0, 0.1) is 5.92 Å². The third-order valence-corrected chi connectivity index (χ3v) is 2.32. The Kier molecular flexibility index (Phi) is 3.52. The average Bonchev–Trinajstić information content (AvgIpc) is 2.53. The number of hydrogen-bond acceptors (Lipinski definition) is 4. The van der Waals surface area contributed by atoms with E-state index in [1.54, 1.807) is 6.20 Å². The molecule has 1 aromatic heterocycles. The molecule has 0 saturated carbocycles. The monoisotopic (exact) mass is 197 g/mol. The molecular weight excluding hydrogens is 178 g/mol. The minimum Gasteiger partial charge on any atom is -0.428 e. The standard InChI is InChI=1S/C10H19N3O/c1-7(2)8(5-11)9-6-12-10(14-9)13(3)4/h6-8H,5,11H2,1-4H3. The Morgan fingerprint density at radius 2 is 2.14 bits per heavy atom. The van der Waals surface area contributed by atoms with Gasteiger partial charge in [-0.1, -0.05) is 13.8 Å². The van der Waals surface area contributed by atoms with E-state index in [-0.39, 0.29) is 5.92 Å². The summed E-state index contributed by atoms with van der Waals surface area (Å²) >= 11 is 0. The first kappa shape index (κ1) is 11.0. The van der Waals surface area contributed by atoms with E-state index in [1.807, 2.05) is 19.0 Å². The summed E-state index contributed by atoms with van der Waals surface area (Å²) in [6.45, 7) is 4.87. The van der Waals surface area contributed by atoms with Crippen LogP contribution < -0.4 is 10.6 Å². The van der Waals surface area contributed by atoms with Crippen molar-refractivity contribution in [2.75, 3.05) is 25.5 Å². The van der Waals surface area contributed by atoms with E-state index in [4.69, 9.17) is 10.2 Å². The summed E-state index contributed by atoms with van der Waals surface area (Å²) in [6.07, 6.45) is 1.77. The van der Waals surface area contributed by atoms with E-state index in [0.717, 1.165) is 5.76 Å². The molecule has 0 aliphatic rings. The molecule has 0 saturated heterocycles. The van der Waals surface area contributed by atoms with Gasteiger partial charge in [-0.3, -0.25) is 0 Å². The number of nitrogens with two attached hydrogens (primary N) is 1. The van der Waals surface area contributed by atoms with Crippen molar-refractivity contribution in [1.82, 2.24) is 4.98 Å². The second-order valence-corrected chi connectivity index (χ2v) is 4.03. The summed E-state index contributed by atoms with van der Waals surface area (Å²) in [4.78, 5) is 6.02. The normalized spacial score (nSPS) is 13.3. The van der Waals surface area contributed by atoms with Crippen molar-refractivity contribution in [3.63, 3.8) is 0 Å². The first-order chi connectivity index (χ1) is 6.56. The molecule has 0 aromatic carbocycles. The lowest BCUT2D eigenvalue weighted by molar-refractivity contribution is 0.401. The maximum absolute atomic E-state index is 5.69. The third kappa shape index (κ3) is 2.26. The zero-order valence-corrected chi connectivity index (χ0v) is 9.32. The molecule has 0 fully saturated rings. The lowest BCUT2D eigenvalue weighted by Gasteiger charge is -2.15. The van der Waals surface area contributed by atoms with Gasteiger partial charge in [0.15, 0.2) is 0 Å². The predicted octanol–water partition coefficient (Wildman–Crippen LogP) is 1.44. The highest BCUT2D eigenvalue weighted by molar-refractivity contribution is 5.23. The average molecular weight is 197 g/mol. The van der Waals surface area contributed by atoms with E-state index < -0.39 is 0 Å². The van der Waals surface area contributed by atoms with Crippen LogP contribution in [0.4, 0.5) is 6.01 Å². The number of aromatic nitrogens is 1. The van der Waals surface area contributed by atoms with Crippen molar-refractivity contribution in [3.8, 4) is 0 Å². The minimum atomic E-state index is 0.260. The van der Waals surface area contributed by atoms with Gasteiger partial charge in [-0.15, -0.1) is 0 Å². The van der Waals surface area contributed by atoms with Gasteiger partial charge in [-0.2, -0.15) is 0 Å². The summed E-state index contributed by atoms with van der Waals surface area (Å²) < 4.78 is 5.59. The van der Waals surface area contributed by atoms with Gasteiger partial charge < -0.3 is 15.1 Å². The van der Waals surface area contributed by atoms with Crippen LogP contribution in [-0.4, -0.2) is 25.6 Å². The number of anilines is 1. The Balaban J connectivity index is 2.84. The lowest BCUT2D eigenvalue weighted by Crippen LogP contribution is -2.17. The maximum Gasteiger partial charge on any atom is 0.296 e. The number of rotatable bonds is 4. The fourth-order valence-corrected chi connectivity index (χ4v) is 1.37. The number of nitrogens with zero attached hydrogens (tertiary/aromatic N) is 2. The molecule has 0 spiro atoms. The van der Waals surface area contributed by atoms with Gasteiger partial charge >= 0.3 is 0 Å². The van der Waals surface area contributed by atoms with Crippen molar-refractivity contribution < 1.29 is 4.42 Å². The molecule has 1 heterocycles. The molecule has 1 atom stereocenters. The summed E-state index contributed by atoms with van der Waals surface area (Å²) in [5, 5.41) is 0. The molecule has 0 bridgehead atoms. The van der Waals surface area contributed by atoms with Crippen molar-refractivity contribution >= 4 is 6.01 Å². The Labute approximate surface area is 85.1 Å². The Morgan fingerprint density at radius 1 is 1.50 bits per heavy atom. The summed E-state index contributed by atoms with van der Waals surface area (Å²) in [5.41, 5.74) is 5.69. The van der Waals surface area contributed by atoms with Gasteiger partial charge in [0.25, 0.3) is 6.01 Å². The third-order valence-electron chi connectivity index (χ3n) is 2.32. The highest BCUT2D eigenvalue weighted by Crippen LogP contribution is 2.25. The fourth-order valence-electron chi connectivity index (χ4n) is 1.37. The molecular formula is C10H19N3O. The maximum atomic E-state index is 5.69. The molecule has 0 radical (unpaired) electrons. The molecule has 14 heavy (non-hydrogen) atoms. The Bertz CT molecular complexity index is 281. The van der Waals surface area contributed by atoms with Crippen LogP contribution in [0.5, 0.6) is 0 Å². The van der Waals surface area contributed by atoms with Crippen molar-refractivity contribution in [2.45, 2.75) is 19.8 Å². The molecule has 1 aromatic rings. The predicted molar refractivity (Wildman–Crippen MR) is 57.5 cm³/mol. The van der Waals surface area contributed by atoms with Crippen molar-refractivity contribution in [3.05, 3.63) is 12.0 Å². The van der Waals surface area contributed by atoms with Gasteiger partial charge in [0.1, 0.15) is 5.76 Å². The van der Waals surface area contributed by atoms with Gasteiger partial charge in [0.2, 0.25) is 0 Å². The SMILES string of the molecule is CC(C)C(CN)c1cnc(N(C)C)o1. The first-order valence-corrected chi connectivity index (χ1v) is 4.89. The van der Waals surface area contributed by atoms with E-state index in [2.05, 4.69) is 18.8 Å². The number of oxazole rings is 1. The van der Waals surface area contributed by atoms with E-state index in [0.29, 0.717) is 18.5 Å². The summed E-state index contributed by atoms with van der Waals surface area (Å²) in [5.74, 6) is 1.62. The molecule has 4 nitrogen and oxygen atoms in total. The van der Waals surface area contributed by atoms with Crippen LogP contribution in [0.2, 0.25) is 0 Å². The van der Waals surface area contributed by atoms with Crippen LogP contribution in [0.3, 0.4) is 0 Å². The summed E-state index contributed by atoms with van der Waals surface area (Å²) in [7, 11) is 3.81. The van der Waals surface area contributed by atoms with Crippen LogP contribution >= 0.6 is 0 Å². The largest absolute Gasteiger partial charge is 0.428 e. The van der Waals surface area contributed by atoms with Gasteiger partial charge in [0.05, 0.1) is 6.20 Å². The Hall–Kier alpha value is -1.03. The second kappa shape index (κ2) is 4.46. The van der Waals surface area contributed by atoms with E-state index in [1.165, 1.54) is 0 Å². The molecule has 2 N–H and O–H groups in total. The molecule has 0 aliphatic carbocycles. The van der Waals surface area contributed by atoms with E-state index in [9.17, 15) is 0 Å². The topological polar surface area (TPSA) is 55.3 Å². The fraction of sp³-hybridized carbons (Fsp3) is 0.700. The van der Waals surface area contributed by atoms with Gasteiger partial charge in [-0.25, -0.2) is 4.98 Å². The molecule has 4 heteroatoms. The van der Waals surface area contributed by atoms with Gasteiger partial charge in [0, 0.05) is 26.6 Å². The van der Waals surface area contributed by atoms with Crippen molar-refractivity contribution in [1.29, 1.82) is 0 Å². The van der Waals surface area contributed by atoms with E-state index >= 15 is 0 Å². The van der Waals surface area contributed by atoms with Crippen LogP contribution in [0.1, 0.15) is 25.5 Å². The van der Waals surface area contributed by atoms with Gasteiger partial charge in [-0.05, 0) is 5.92 Å².